The molecule has 3 nitrogen and oxygen atoms in total. The van der Waals surface area contributed by atoms with E-state index in [0.29, 0.717) is 6.42 Å². The first kappa shape index (κ1) is 11.7. The number of Topliss-reactive ketones (excluding diaryl/α,β-unsaturated/α-hetero) is 1. The van der Waals surface area contributed by atoms with Crippen molar-refractivity contribution in [2.45, 2.75) is 13.3 Å². The molecule has 0 bridgehead atoms. The van der Waals surface area contributed by atoms with E-state index in [1.165, 1.54) is 0 Å². The zero-order valence-electron chi connectivity index (χ0n) is 10.7. The van der Waals surface area contributed by atoms with Gasteiger partial charge in [-0.2, -0.15) is 5.10 Å². The topological polar surface area (TPSA) is 34.9 Å². The molecule has 94 valence electrons. The summed E-state index contributed by atoms with van der Waals surface area (Å²) in [6.45, 7) is 1.87. The van der Waals surface area contributed by atoms with E-state index < -0.39 is 0 Å². The number of carbonyl (C=O) groups excluding carboxylic acids is 1. The fourth-order valence-electron chi connectivity index (χ4n) is 2.17. The molecule has 3 rings (SSSR count). The predicted molar refractivity (Wildman–Crippen MR) is 75.7 cm³/mol. The molecule has 1 aromatic heterocycles. The molecule has 0 spiro atoms. The Hall–Kier alpha value is -2.42. The van der Waals surface area contributed by atoms with Gasteiger partial charge >= 0.3 is 0 Å². The number of para-hydroxylation sites is 1. The minimum absolute atomic E-state index is 0.164. The molecule has 0 aliphatic rings. The summed E-state index contributed by atoms with van der Waals surface area (Å²) >= 11 is 0. The van der Waals surface area contributed by atoms with Crippen LogP contribution in [0.15, 0.2) is 54.7 Å². The van der Waals surface area contributed by atoms with Crippen LogP contribution in [-0.4, -0.2) is 15.6 Å². The number of benzene rings is 2. The third kappa shape index (κ3) is 2.03. The quantitative estimate of drug-likeness (QED) is 0.665. The normalized spacial score (nSPS) is 10.8. The zero-order chi connectivity index (χ0) is 13.2. The number of fused-ring (bicyclic) bond motifs is 1. The minimum atomic E-state index is 0.164. The van der Waals surface area contributed by atoms with Crippen molar-refractivity contribution in [1.82, 2.24) is 9.78 Å². The first-order valence-corrected chi connectivity index (χ1v) is 6.36. The highest BCUT2D eigenvalue weighted by molar-refractivity contribution is 5.96. The lowest BCUT2D eigenvalue weighted by Gasteiger charge is -2.04. The fraction of sp³-hybridized carbons (Fsp3) is 0.125. The summed E-state index contributed by atoms with van der Waals surface area (Å²) in [5.74, 6) is 0.164. The maximum Gasteiger partial charge on any atom is 0.162 e. The maximum atomic E-state index is 11.6. The maximum absolute atomic E-state index is 11.6. The van der Waals surface area contributed by atoms with Gasteiger partial charge < -0.3 is 0 Å². The van der Waals surface area contributed by atoms with E-state index in [2.05, 4.69) is 5.10 Å². The Morgan fingerprint density at radius 2 is 1.84 bits per heavy atom. The van der Waals surface area contributed by atoms with Crippen molar-refractivity contribution in [2.24, 2.45) is 0 Å². The molecule has 0 atom stereocenters. The van der Waals surface area contributed by atoms with Crippen LogP contribution >= 0.6 is 0 Å². The number of hydrogen-bond acceptors (Lipinski definition) is 2. The summed E-state index contributed by atoms with van der Waals surface area (Å²) in [4.78, 5) is 11.6. The van der Waals surface area contributed by atoms with Crippen LogP contribution in [0.25, 0.3) is 16.6 Å². The summed E-state index contributed by atoms with van der Waals surface area (Å²) in [6.07, 6.45) is 2.38. The van der Waals surface area contributed by atoms with E-state index in [0.717, 1.165) is 22.2 Å². The molecule has 0 unspecified atom stereocenters. The largest absolute Gasteiger partial charge is 0.294 e. The van der Waals surface area contributed by atoms with Gasteiger partial charge in [-0.05, 0) is 30.3 Å². The van der Waals surface area contributed by atoms with E-state index in [1.807, 2.05) is 66.3 Å². The summed E-state index contributed by atoms with van der Waals surface area (Å²) in [5, 5.41) is 5.50. The molecule has 0 amide bonds. The minimum Gasteiger partial charge on any atom is -0.294 e. The van der Waals surface area contributed by atoms with Crippen LogP contribution in [0.5, 0.6) is 0 Å². The van der Waals surface area contributed by atoms with Gasteiger partial charge in [0.15, 0.2) is 5.78 Å². The van der Waals surface area contributed by atoms with Crippen molar-refractivity contribution in [3.05, 3.63) is 60.3 Å². The van der Waals surface area contributed by atoms with E-state index in [1.54, 1.807) is 0 Å². The second-order valence-corrected chi connectivity index (χ2v) is 4.44. The van der Waals surface area contributed by atoms with Crippen molar-refractivity contribution in [2.75, 3.05) is 0 Å². The number of hydrogen-bond donors (Lipinski definition) is 0. The van der Waals surface area contributed by atoms with Gasteiger partial charge in [0.05, 0.1) is 17.4 Å². The van der Waals surface area contributed by atoms with Gasteiger partial charge in [-0.1, -0.05) is 25.1 Å². The molecule has 3 aromatic rings. The second kappa shape index (κ2) is 4.69. The smallest absolute Gasteiger partial charge is 0.162 e. The summed E-state index contributed by atoms with van der Waals surface area (Å²) < 4.78 is 1.88. The van der Waals surface area contributed by atoms with Crippen LogP contribution in [0.4, 0.5) is 0 Å². The highest BCUT2D eigenvalue weighted by Crippen LogP contribution is 2.18. The lowest BCUT2D eigenvalue weighted by Crippen LogP contribution is -1.99. The molecule has 0 N–H and O–H groups in total. The van der Waals surface area contributed by atoms with Crippen LogP contribution in [-0.2, 0) is 0 Å². The van der Waals surface area contributed by atoms with Crippen molar-refractivity contribution in [3.8, 4) is 5.69 Å². The SMILES string of the molecule is CCC(=O)c1ccc(-n2ncc3ccccc32)cc1. The summed E-state index contributed by atoms with van der Waals surface area (Å²) in [6, 6.07) is 15.6. The molecule has 0 radical (unpaired) electrons. The van der Waals surface area contributed by atoms with Crippen LogP contribution in [0.1, 0.15) is 23.7 Å². The molecule has 0 fully saturated rings. The average Bonchev–Trinajstić information content (AvgIpc) is 2.90. The molecular formula is C16H14N2O. The summed E-state index contributed by atoms with van der Waals surface area (Å²) in [7, 11) is 0. The van der Waals surface area contributed by atoms with Gasteiger partial charge in [0.2, 0.25) is 0 Å². The van der Waals surface area contributed by atoms with Crippen LogP contribution in [0, 0.1) is 0 Å². The highest BCUT2D eigenvalue weighted by atomic mass is 16.1. The molecule has 0 aliphatic carbocycles. The first-order chi connectivity index (χ1) is 9.29. The van der Waals surface area contributed by atoms with E-state index in [9.17, 15) is 4.79 Å². The average molecular weight is 250 g/mol. The van der Waals surface area contributed by atoms with Crippen molar-refractivity contribution >= 4 is 16.7 Å². The lowest BCUT2D eigenvalue weighted by molar-refractivity contribution is 0.0988. The zero-order valence-corrected chi connectivity index (χ0v) is 10.7. The Morgan fingerprint density at radius 1 is 1.11 bits per heavy atom. The van der Waals surface area contributed by atoms with Crippen LogP contribution < -0.4 is 0 Å². The number of ketones is 1. The summed E-state index contributed by atoms with van der Waals surface area (Å²) in [5.41, 5.74) is 2.79. The van der Waals surface area contributed by atoms with Gasteiger partial charge in [-0.15, -0.1) is 0 Å². The van der Waals surface area contributed by atoms with Crippen molar-refractivity contribution in [1.29, 1.82) is 0 Å². The molecule has 0 saturated carbocycles. The third-order valence-electron chi connectivity index (χ3n) is 3.23. The van der Waals surface area contributed by atoms with Gasteiger partial charge in [0, 0.05) is 17.4 Å². The molecule has 2 aromatic carbocycles. The van der Waals surface area contributed by atoms with E-state index in [4.69, 9.17) is 0 Å². The Morgan fingerprint density at radius 3 is 2.58 bits per heavy atom. The predicted octanol–water partition coefficient (Wildman–Crippen LogP) is 3.62. The Balaban J connectivity index is 2.05. The van der Waals surface area contributed by atoms with Crippen molar-refractivity contribution in [3.63, 3.8) is 0 Å². The van der Waals surface area contributed by atoms with Crippen LogP contribution in [0.2, 0.25) is 0 Å². The van der Waals surface area contributed by atoms with Gasteiger partial charge in [0.1, 0.15) is 0 Å². The number of aromatic nitrogens is 2. The molecule has 19 heavy (non-hydrogen) atoms. The third-order valence-corrected chi connectivity index (χ3v) is 3.23. The fourth-order valence-corrected chi connectivity index (χ4v) is 2.17. The standard InChI is InChI=1S/C16H14N2O/c1-2-16(19)12-7-9-14(10-8-12)18-15-6-4-3-5-13(15)11-17-18/h3-11H,2H2,1H3. The van der Waals surface area contributed by atoms with Crippen LogP contribution in [0.3, 0.4) is 0 Å². The molecule has 1 heterocycles. The Bertz CT molecular complexity index is 726. The Labute approximate surface area is 111 Å². The second-order valence-electron chi connectivity index (χ2n) is 4.44. The van der Waals surface area contributed by atoms with Gasteiger partial charge in [0.25, 0.3) is 0 Å². The Kier molecular flexibility index (Phi) is 2.88. The lowest BCUT2D eigenvalue weighted by atomic mass is 10.1. The highest BCUT2D eigenvalue weighted by Gasteiger charge is 2.06. The van der Waals surface area contributed by atoms with Crippen molar-refractivity contribution < 1.29 is 4.79 Å². The van der Waals surface area contributed by atoms with E-state index >= 15 is 0 Å². The molecule has 0 saturated heterocycles. The molecule has 0 aliphatic heterocycles. The van der Waals surface area contributed by atoms with E-state index in [-0.39, 0.29) is 5.78 Å². The number of carbonyl (C=O) groups is 1. The van der Waals surface area contributed by atoms with Gasteiger partial charge in [-0.25, -0.2) is 4.68 Å². The number of nitrogens with zero attached hydrogens (tertiary/aromatic N) is 2. The molecule has 3 heteroatoms. The first-order valence-electron chi connectivity index (χ1n) is 6.36. The molecular weight excluding hydrogens is 236 g/mol. The monoisotopic (exact) mass is 250 g/mol. The number of rotatable bonds is 3. The van der Waals surface area contributed by atoms with Gasteiger partial charge in [-0.3, -0.25) is 4.79 Å².